The highest BCUT2D eigenvalue weighted by atomic mass is 16.6. The Bertz CT molecular complexity index is 396. The SMILES string of the molecule is CC(C)CC(CCC1CC1)(CNC(=O)OC(C)(C)C)C(=O)O. The lowest BCUT2D eigenvalue weighted by Gasteiger charge is -2.32. The van der Waals surface area contributed by atoms with E-state index in [-0.39, 0.29) is 12.5 Å². The molecule has 1 aliphatic rings. The van der Waals surface area contributed by atoms with Crippen molar-refractivity contribution < 1.29 is 19.4 Å². The van der Waals surface area contributed by atoms with Crippen LogP contribution >= 0.6 is 0 Å². The first-order valence-corrected chi connectivity index (χ1v) is 8.24. The number of carboxylic acids is 1. The minimum Gasteiger partial charge on any atom is -0.481 e. The normalized spacial score (nSPS) is 17.9. The van der Waals surface area contributed by atoms with Crippen LogP contribution in [0.4, 0.5) is 4.79 Å². The Morgan fingerprint density at radius 3 is 2.27 bits per heavy atom. The number of hydrogen-bond acceptors (Lipinski definition) is 3. The third-order valence-corrected chi connectivity index (χ3v) is 3.95. The van der Waals surface area contributed by atoms with Crippen LogP contribution in [0.2, 0.25) is 0 Å². The summed E-state index contributed by atoms with van der Waals surface area (Å²) in [5.74, 6) is 0.112. The number of carbonyl (C=O) groups excluding carboxylic acids is 1. The Balaban J connectivity index is 2.69. The molecule has 0 saturated heterocycles. The lowest BCUT2D eigenvalue weighted by Crippen LogP contribution is -2.45. The molecular formula is C17H31NO4. The van der Waals surface area contributed by atoms with E-state index in [0.29, 0.717) is 18.8 Å². The largest absolute Gasteiger partial charge is 0.481 e. The summed E-state index contributed by atoms with van der Waals surface area (Å²) in [5.41, 5.74) is -1.48. The zero-order chi connectivity index (χ0) is 17.0. The molecule has 0 radical (unpaired) electrons. The zero-order valence-corrected chi connectivity index (χ0v) is 14.6. The van der Waals surface area contributed by atoms with Crippen molar-refractivity contribution in [2.75, 3.05) is 6.54 Å². The molecule has 1 atom stereocenters. The average molecular weight is 313 g/mol. The maximum atomic E-state index is 11.9. The predicted molar refractivity (Wildman–Crippen MR) is 85.7 cm³/mol. The van der Waals surface area contributed by atoms with Crippen molar-refractivity contribution >= 4 is 12.1 Å². The number of nitrogens with one attached hydrogen (secondary N) is 1. The van der Waals surface area contributed by atoms with Crippen molar-refractivity contribution in [1.29, 1.82) is 0 Å². The summed E-state index contributed by atoms with van der Waals surface area (Å²) in [5, 5.41) is 12.4. The molecular weight excluding hydrogens is 282 g/mol. The molecule has 0 aromatic heterocycles. The van der Waals surface area contributed by atoms with Gasteiger partial charge in [-0.15, -0.1) is 0 Å². The van der Waals surface area contributed by atoms with Gasteiger partial charge >= 0.3 is 12.1 Å². The van der Waals surface area contributed by atoms with Crippen LogP contribution in [0, 0.1) is 17.3 Å². The first-order chi connectivity index (χ1) is 10.0. The number of rotatable bonds is 8. The van der Waals surface area contributed by atoms with Crippen molar-refractivity contribution in [3.8, 4) is 0 Å². The van der Waals surface area contributed by atoms with Crippen LogP contribution in [-0.4, -0.2) is 29.3 Å². The molecule has 0 aromatic carbocycles. The molecule has 1 unspecified atom stereocenters. The van der Waals surface area contributed by atoms with Gasteiger partial charge in [0.25, 0.3) is 0 Å². The van der Waals surface area contributed by atoms with Crippen LogP contribution in [0.1, 0.15) is 66.7 Å². The van der Waals surface area contributed by atoms with Gasteiger partial charge in [-0.05, 0) is 51.9 Å². The van der Waals surface area contributed by atoms with Gasteiger partial charge in [0.15, 0.2) is 0 Å². The molecule has 0 spiro atoms. The Kier molecular flexibility index (Phi) is 6.27. The van der Waals surface area contributed by atoms with Gasteiger partial charge in [-0.3, -0.25) is 4.79 Å². The molecule has 128 valence electrons. The van der Waals surface area contributed by atoms with Crippen LogP contribution in [0.25, 0.3) is 0 Å². The number of aliphatic carboxylic acids is 1. The molecule has 2 N–H and O–H groups in total. The topological polar surface area (TPSA) is 75.6 Å². The molecule has 1 rings (SSSR count). The van der Waals surface area contributed by atoms with Crippen molar-refractivity contribution in [3.05, 3.63) is 0 Å². The first kappa shape index (κ1) is 18.8. The molecule has 1 saturated carbocycles. The minimum absolute atomic E-state index is 0.127. The second-order valence-corrected chi connectivity index (χ2v) is 8.02. The standard InChI is InChI=1S/C17H31NO4/c1-12(2)10-17(14(19)20,9-8-13-6-7-13)11-18-15(21)22-16(3,4)5/h12-13H,6-11H2,1-5H3,(H,18,21)(H,19,20). The monoisotopic (exact) mass is 313 g/mol. The summed E-state index contributed by atoms with van der Waals surface area (Å²) >= 11 is 0. The van der Waals surface area contributed by atoms with E-state index >= 15 is 0 Å². The molecule has 0 heterocycles. The maximum Gasteiger partial charge on any atom is 0.407 e. The predicted octanol–water partition coefficient (Wildman–Crippen LogP) is 3.82. The Morgan fingerprint density at radius 2 is 1.86 bits per heavy atom. The summed E-state index contributed by atoms with van der Waals surface area (Å²) in [7, 11) is 0. The summed E-state index contributed by atoms with van der Waals surface area (Å²) in [6, 6.07) is 0. The number of hydrogen-bond donors (Lipinski definition) is 2. The fourth-order valence-electron chi connectivity index (χ4n) is 2.76. The molecule has 1 aliphatic carbocycles. The Labute approximate surface area is 133 Å². The number of carboxylic acid groups (broad SMARTS) is 1. The average Bonchev–Trinajstić information content (AvgIpc) is 3.13. The van der Waals surface area contributed by atoms with E-state index in [1.54, 1.807) is 20.8 Å². The smallest absolute Gasteiger partial charge is 0.407 e. The first-order valence-electron chi connectivity index (χ1n) is 8.24. The molecule has 0 aliphatic heterocycles. The van der Waals surface area contributed by atoms with Crippen LogP contribution in [0.3, 0.4) is 0 Å². The second-order valence-electron chi connectivity index (χ2n) is 8.02. The van der Waals surface area contributed by atoms with Gasteiger partial charge in [0, 0.05) is 6.54 Å². The molecule has 1 amide bonds. The van der Waals surface area contributed by atoms with Gasteiger partial charge in [0.2, 0.25) is 0 Å². The fraction of sp³-hybridized carbons (Fsp3) is 0.882. The Hall–Kier alpha value is -1.26. The third kappa shape index (κ3) is 6.67. The van der Waals surface area contributed by atoms with Crippen LogP contribution in [0.5, 0.6) is 0 Å². The highest BCUT2D eigenvalue weighted by Gasteiger charge is 2.41. The molecule has 1 fully saturated rings. The molecule has 0 aromatic rings. The van der Waals surface area contributed by atoms with Crippen LogP contribution in [-0.2, 0) is 9.53 Å². The quantitative estimate of drug-likeness (QED) is 0.714. The maximum absolute atomic E-state index is 11.9. The Morgan fingerprint density at radius 1 is 1.27 bits per heavy atom. The van der Waals surface area contributed by atoms with E-state index in [1.165, 1.54) is 12.8 Å². The number of alkyl carbamates (subject to hydrolysis) is 1. The van der Waals surface area contributed by atoms with Gasteiger partial charge < -0.3 is 15.2 Å². The van der Waals surface area contributed by atoms with Gasteiger partial charge in [-0.2, -0.15) is 0 Å². The lowest BCUT2D eigenvalue weighted by atomic mass is 9.75. The van der Waals surface area contributed by atoms with Crippen molar-refractivity contribution in [1.82, 2.24) is 5.32 Å². The highest BCUT2D eigenvalue weighted by Crippen LogP contribution is 2.40. The summed E-state index contributed by atoms with van der Waals surface area (Å²) in [4.78, 5) is 23.7. The van der Waals surface area contributed by atoms with Crippen molar-refractivity contribution in [2.45, 2.75) is 72.3 Å². The molecule has 5 heteroatoms. The fourth-order valence-corrected chi connectivity index (χ4v) is 2.76. The van der Waals surface area contributed by atoms with Gasteiger partial charge in [0.1, 0.15) is 5.60 Å². The van der Waals surface area contributed by atoms with E-state index in [4.69, 9.17) is 4.74 Å². The third-order valence-electron chi connectivity index (χ3n) is 3.95. The highest BCUT2D eigenvalue weighted by molar-refractivity contribution is 5.76. The second kappa shape index (κ2) is 7.34. The lowest BCUT2D eigenvalue weighted by molar-refractivity contribution is -0.150. The molecule has 5 nitrogen and oxygen atoms in total. The summed E-state index contributed by atoms with van der Waals surface area (Å²) in [6.45, 7) is 9.53. The summed E-state index contributed by atoms with van der Waals surface area (Å²) in [6.07, 6.45) is 3.96. The van der Waals surface area contributed by atoms with Crippen molar-refractivity contribution in [3.63, 3.8) is 0 Å². The van der Waals surface area contributed by atoms with E-state index in [0.717, 1.165) is 6.42 Å². The molecule has 22 heavy (non-hydrogen) atoms. The zero-order valence-electron chi connectivity index (χ0n) is 14.6. The van der Waals surface area contributed by atoms with Crippen molar-refractivity contribution in [2.24, 2.45) is 17.3 Å². The van der Waals surface area contributed by atoms with E-state index in [1.807, 2.05) is 13.8 Å². The number of carbonyl (C=O) groups is 2. The van der Waals surface area contributed by atoms with Gasteiger partial charge in [0.05, 0.1) is 5.41 Å². The van der Waals surface area contributed by atoms with E-state index in [9.17, 15) is 14.7 Å². The molecule has 0 bridgehead atoms. The number of amides is 1. The van der Waals surface area contributed by atoms with Gasteiger partial charge in [-0.25, -0.2) is 4.79 Å². The van der Waals surface area contributed by atoms with Crippen LogP contribution in [0.15, 0.2) is 0 Å². The van der Waals surface area contributed by atoms with E-state index in [2.05, 4.69) is 5.32 Å². The van der Waals surface area contributed by atoms with Crippen LogP contribution < -0.4 is 5.32 Å². The number of ether oxygens (including phenoxy) is 1. The minimum atomic E-state index is -0.895. The van der Waals surface area contributed by atoms with Gasteiger partial charge in [-0.1, -0.05) is 26.7 Å². The summed E-state index contributed by atoms with van der Waals surface area (Å²) < 4.78 is 5.21. The van der Waals surface area contributed by atoms with E-state index < -0.39 is 23.1 Å².